The summed E-state index contributed by atoms with van der Waals surface area (Å²) in [4.78, 5) is 11.4. The van der Waals surface area contributed by atoms with Gasteiger partial charge in [0.2, 0.25) is 0 Å². The standard InChI is InChI=1S/C12H24N2O/c1-4-6-7-8-10-13-14-12(15)11(3)9-5-2/h9,13H,4-8,10H2,1-3H3,(H,14,15). The van der Waals surface area contributed by atoms with Crippen molar-refractivity contribution >= 4 is 5.91 Å². The molecule has 0 heterocycles. The van der Waals surface area contributed by atoms with E-state index in [0.717, 1.165) is 25.0 Å². The minimum Gasteiger partial charge on any atom is -0.288 e. The van der Waals surface area contributed by atoms with Crippen LogP contribution in [0.2, 0.25) is 0 Å². The summed E-state index contributed by atoms with van der Waals surface area (Å²) in [5, 5.41) is 0. The average Bonchev–Trinajstić information content (AvgIpc) is 2.23. The second-order valence-electron chi connectivity index (χ2n) is 3.74. The van der Waals surface area contributed by atoms with Gasteiger partial charge < -0.3 is 0 Å². The van der Waals surface area contributed by atoms with Gasteiger partial charge in [0.25, 0.3) is 5.91 Å². The molecule has 0 saturated carbocycles. The van der Waals surface area contributed by atoms with Gasteiger partial charge in [0, 0.05) is 12.1 Å². The van der Waals surface area contributed by atoms with Gasteiger partial charge in [-0.15, -0.1) is 0 Å². The molecule has 1 amide bonds. The SMILES string of the molecule is CCC=C(C)C(=O)NNCCCCCC. The Hall–Kier alpha value is -0.830. The highest BCUT2D eigenvalue weighted by molar-refractivity contribution is 5.92. The van der Waals surface area contributed by atoms with Crippen molar-refractivity contribution in [3.63, 3.8) is 0 Å². The van der Waals surface area contributed by atoms with Gasteiger partial charge in [-0.25, -0.2) is 5.43 Å². The lowest BCUT2D eigenvalue weighted by molar-refractivity contribution is -0.118. The summed E-state index contributed by atoms with van der Waals surface area (Å²) in [6.07, 6.45) is 7.67. The van der Waals surface area contributed by atoms with E-state index in [0.29, 0.717) is 0 Å². The molecule has 0 aliphatic rings. The number of amides is 1. The Morgan fingerprint density at radius 2 is 1.93 bits per heavy atom. The van der Waals surface area contributed by atoms with Crippen LogP contribution in [0.5, 0.6) is 0 Å². The molecule has 0 aromatic carbocycles. The third-order valence-electron chi connectivity index (χ3n) is 2.23. The van der Waals surface area contributed by atoms with Gasteiger partial charge >= 0.3 is 0 Å². The van der Waals surface area contributed by atoms with Crippen LogP contribution in [0.25, 0.3) is 0 Å². The second-order valence-corrected chi connectivity index (χ2v) is 3.74. The molecule has 0 saturated heterocycles. The summed E-state index contributed by atoms with van der Waals surface area (Å²) in [5.41, 5.74) is 6.41. The van der Waals surface area contributed by atoms with Crippen molar-refractivity contribution in [3.8, 4) is 0 Å². The van der Waals surface area contributed by atoms with E-state index in [1.165, 1.54) is 19.3 Å². The van der Waals surface area contributed by atoms with Crippen molar-refractivity contribution in [2.24, 2.45) is 0 Å². The fourth-order valence-electron chi connectivity index (χ4n) is 1.28. The molecule has 3 heteroatoms. The van der Waals surface area contributed by atoms with Crippen LogP contribution >= 0.6 is 0 Å². The quantitative estimate of drug-likeness (QED) is 0.369. The monoisotopic (exact) mass is 212 g/mol. The highest BCUT2D eigenvalue weighted by atomic mass is 16.2. The molecule has 15 heavy (non-hydrogen) atoms. The zero-order chi connectivity index (χ0) is 11.5. The number of carbonyl (C=O) groups is 1. The summed E-state index contributed by atoms with van der Waals surface area (Å²) in [7, 11) is 0. The highest BCUT2D eigenvalue weighted by Gasteiger charge is 2.00. The average molecular weight is 212 g/mol. The number of unbranched alkanes of at least 4 members (excludes halogenated alkanes) is 3. The minimum absolute atomic E-state index is 0.0210. The summed E-state index contributed by atoms with van der Waals surface area (Å²) < 4.78 is 0. The van der Waals surface area contributed by atoms with Gasteiger partial charge in [0.1, 0.15) is 0 Å². The van der Waals surface area contributed by atoms with Gasteiger partial charge in [-0.3, -0.25) is 10.2 Å². The first-order valence-corrected chi connectivity index (χ1v) is 5.92. The lowest BCUT2D eigenvalue weighted by Gasteiger charge is -2.06. The zero-order valence-corrected chi connectivity index (χ0v) is 10.2. The van der Waals surface area contributed by atoms with Crippen LogP contribution in [-0.4, -0.2) is 12.5 Å². The summed E-state index contributed by atoms with van der Waals surface area (Å²) in [6, 6.07) is 0. The number of nitrogens with one attached hydrogen (secondary N) is 2. The topological polar surface area (TPSA) is 41.1 Å². The van der Waals surface area contributed by atoms with Crippen LogP contribution in [0.15, 0.2) is 11.6 Å². The van der Waals surface area contributed by atoms with Gasteiger partial charge in [0.15, 0.2) is 0 Å². The molecule has 0 spiro atoms. The normalized spacial score (nSPS) is 11.5. The minimum atomic E-state index is -0.0210. The Morgan fingerprint density at radius 3 is 2.53 bits per heavy atom. The van der Waals surface area contributed by atoms with E-state index in [4.69, 9.17) is 0 Å². The number of rotatable bonds is 8. The maximum atomic E-state index is 11.4. The van der Waals surface area contributed by atoms with Crippen LogP contribution in [0.1, 0.15) is 52.9 Å². The molecule has 0 radical (unpaired) electrons. The van der Waals surface area contributed by atoms with Crippen LogP contribution in [0.4, 0.5) is 0 Å². The molecule has 0 bridgehead atoms. The summed E-state index contributed by atoms with van der Waals surface area (Å²) >= 11 is 0. The molecule has 0 aromatic heterocycles. The van der Waals surface area contributed by atoms with E-state index in [-0.39, 0.29) is 5.91 Å². The fraction of sp³-hybridized carbons (Fsp3) is 0.750. The van der Waals surface area contributed by atoms with E-state index in [1.54, 1.807) is 0 Å². The fourth-order valence-corrected chi connectivity index (χ4v) is 1.28. The predicted molar refractivity (Wildman–Crippen MR) is 64.3 cm³/mol. The van der Waals surface area contributed by atoms with E-state index in [2.05, 4.69) is 17.8 Å². The van der Waals surface area contributed by atoms with Gasteiger partial charge in [-0.1, -0.05) is 39.2 Å². The largest absolute Gasteiger partial charge is 0.288 e. The van der Waals surface area contributed by atoms with Crippen LogP contribution < -0.4 is 10.9 Å². The molecular formula is C12H24N2O. The van der Waals surface area contributed by atoms with Gasteiger partial charge in [0.05, 0.1) is 0 Å². The maximum Gasteiger partial charge on any atom is 0.260 e. The van der Waals surface area contributed by atoms with E-state index in [1.807, 2.05) is 19.9 Å². The molecule has 0 aliphatic heterocycles. The van der Waals surface area contributed by atoms with Crippen molar-refractivity contribution in [1.82, 2.24) is 10.9 Å². The lowest BCUT2D eigenvalue weighted by Crippen LogP contribution is -2.38. The molecule has 0 unspecified atom stereocenters. The van der Waals surface area contributed by atoms with Crippen molar-refractivity contribution in [2.45, 2.75) is 52.9 Å². The lowest BCUT2D eigenvalue weighted by atomic mass is 10.2. The van der Waals surface area contributed by atoms with Gasteiger partial charge in [-0.2, -0.15) is 0 Å². The van der Waals surface area contributed by atoms with Gasteiger partial charge in [-0.05, 0) is 19.8 Å². The molecule has 0 aromatic rings. The van der Waals surface area contributed by atoms with Crippen molar-refractivity contribution < 1.29 is 4.79 Å². The van der Waals surface area contributed by atoms with Crippen LogP contribution in [-0.2, 0) is 4.79 Å². The summed E-state index contributed by atoms with van der Waals surface area (Å²) in [5.74, 6) is -0.0210. The molecule has 3 nitrogen and oxygen atoms in total. The Labute approximate surface area is 93.3 Å². The molecule has 0 fully saturated rings. The Balaban J connectivity index is 3.43. The van der Waals surface area contributed by atoms with Crippen LogP contribution in [0, 0.1) is 0 Å². The molecular weight excluding hydrogens is 188 g/mol. The van der Waals surface area contributed by atoms with Crippen LogP contribution in [0.3, 0.4) is 0 Å². The van der Waals surface area contributed by atoms with E-state index >= 15 is 0 Å². The third kappa shape index (κ3) is 8.18. The third-order valence-corrected chi connectivity index (χ3v) is 2.23. The molecule has 0 rings (SSSR count). The summed E-state index contributed by atoms with van der Waals surface area (Å²) in [6.45, 7) is 6.89. The first-order chi connectivity index (χ1) is 7.22. The highest BCUT2D eigenvalue weighted by Crippen LogP contribution is 1.97. The van der Waals surface area contributed by atoms with Crippen molar-refractivity contribution in [1.29, 1.82) is 0 Å². The van der Waals surface area contributed by atoms with Crippen molar-refractivity contribution in [3.05, 3.63) is 11.6 Å². The smallest absolute Gasteiger partial charge is 0.260 e. The number of hydrogen-bond donors (Lipinski definition) is 2. The molecule has 0 aliphatic carbocycles. The van der Waals surface area contributed by atoms with E-state index < -0.39 is 0 Å². The number of carbonyl (C=O) groups excluding carboxylic acids is 1. The Kier molecular flexibility index (Phi) is 9.18. The molecule has 0 atom stereocenters. The number of allylic oxidation sites excluding steroid dienone is 1. The first-order valence-electron chi connectivity index (χ1n) is 5.92. The predicted octanol–water partition coefficient (Wildman–Crippen LogP) is 2.54. The Bertz CT molecular complexity index is 200. The Morgan fingerprint density at radius 1 is 1.20 bits per heavy atom. The van der Waals surface area contributed by atoms with Crippen molar-refractivity contribution in [2.75, 3.05) is 6.54 Å². The molecule has 2 N–H and O–H groups in total. The first kappa shape index (κ1) is 14.2. The zero-order valence-electron chi connectivity index (χ0n) is 10.2. The molecule has 88 valence electrons. The second kappa shape index (κ2) is 9.71. The number of hydrazine groups is 1. The van der Waals surface area contributed by atoms with E-state index in [9.17, 15) is 4.79 Å². The number of hydrogen-bond acceptors (Lipinski definition) is 2. The maximum absolute atomic E-state index is 11.4.